The van der Waals surface area contributed by atoms with Gasteiger partial charge in [-0.1, -0.05) is 43.0 Å². The molecule has 0 N–H and O–H groups in total. The van der Waals surface area contributed by atoms with Crippen molar-refractivity contribution in [1.82, 2.24) is 0 Å². The summed E-state index contributed by atoms with van der Waals surface area (Å²) in [5.41, 5.74) is 0.809. The van der Waals surface area contributed by atoms with Crippen LogP contribution >= 0.6 is 0 Å². The van der Waals surface area contributed by atoms with Gasteiger partial charge in [0.25, 0.3) is 0 Å². The van der Waals surface area contributed by atoms with Crippen molar-refractivity contribution in [3.05, 3.63) is 48.6 Å². The van der Waals surface area contributed by atoms with Crippen molar-refractivity contribution in [2.24, 2.45) is 5.92 Å². The average molecular weight is 246 g/mol. The van der Waals surface area contributed by atoms with Crippen molar-refractivity contribution in [2.45, 2.75) is 12.5 Å². The summed E-state index contributed by atoms with van der Waals surface area (Å²) < 4.78 is 10.2. The first-order chi connectivity index (χ1) is 8.72. The molecular formula is C14H14O4. The lowest BCUT2D eigenvalue weighted by atomic mass is 9.95. The van der Waals surface area contributed by atoms with Gasteiger partial charge in [0.15, 0.2) is 0 Å². The van der Waals surface area contributed by atoms with E-state index in [0.717, 1.165) is 5.56 Å². The number of rotatable bonds is 4. The van der Waals surface area contributed by atoms with E-state index in [0.29, 0.717) is 0 Å². The molecule has 2 atom stereocenters. The van der Waals surface area contributed by atoms with Crippen LogP contribution in [-0.4, -0.2) is 18.5 Å². The van der Waals surface area contributed by atoms with Crippen LogP contribution in [0.3, 0.4) is 0 Å². The molecule has 94 valence electrons. The predicted octanol–water partition coefficient (Wildman–Crippen LogP) is 2.02. The van der Waals surface area contributed by atoms with Crippen LogP contribution in [0.1, 0.15) is 18.1 Å². The number of esters is 2. The predicted molar refractivity (Wildman–Crippen MR) is 64.5 cm³/mol. The van der Waals surface area contributed by atoms with Gasteiger partial charge < -0.3 is 9.47 Å². The molecule has 2 rings (SSSR count). The summed E-state index contributed by atoms with van der Waals surface area (Å²) in [6.45, 7) is 3.62. The van der Waals surface area contributed by atoms with E-state index in [-0.39, 0.29) is 19.0 Å². The van der Waals surface area contributed by atoms with Crippen LogP contribution in [0.5, 0.6) is 0 Å². The van der Waals surface area contributed by atoms with Gasteiger partial charge in [-0.2, -0.15) is 0 Å². The molecule has 0 aliphatic carbocycles. The van der Waals surface area contributed by atoms with Crippen LogP contribution in [0, 0.1) is 5.92 Å². The van der Waals surface area contributed by atoms with Gasteiger partial charge >= 0.3 is 11.9 Å². The first-order valence-electron chi connectivity index (χ1n) is 5.74. The Kier molecular flexibility index (Phi) is 3.77. The number of hydrogen-bond donors (Lipinski definition) is 0. The van der Waals surface area contributed by atoms with Gasteiger partial charge in [0.1, 0.15) is 18.6 Å². The van der Waals surface area contributed by atoms with E-state index in [9.17, 15) is 9.59 Å². The fourth-order valence-corrected chi connectivity index (χ4v) is 1.96. The Morgan fingerprint density at radius 1 is 1.44 bits per heavy atom. The zero-order valence-electron chi connectivity index (χ0n) is 9.87. The second-order valence-electron chi connectivity index (χ2n) is 4.05. The van der Waals surface area contributed by atoms with Gasteiger partial charge in [-0.15, -0.1) is 0 Å². The summed E-state index contributed by atoms with van der Waals surface area (Å²) in [5.74, 6) is -1.36. The third-order valence-corrected chi connectivity index (χ3v) is 2.78. The molecule has 1 aliphatic heterocycles. The van der Waals surface area contributed by atoms with E-state index < -0.39 is 18.0 Å². The van der Waals surface area contributed by atoms with Crippen LogP contribution in [-0.2, 0) is 19.1 Å². The van der Waals surface area contributed by atoms with Crippen LogP contribution in [0.15, 0.2) is 43.0 Å². The highest BCUT2D eigenvalue weighted by Gasteiger charge is 2.41. The summed E-state index contributed by atoms with van der Waals surface area (Å²) >= 11 is 0. The minimum absolute atomic E-state index is 0.0650. The van der Waals surface area contributed by atoms with Crippen molar-refractivity contribution >= 4 is 11.9 Å². The maximum Gasteiger partial charge on any atom is 0.313 e. The summed E-state index contributed by atoms with van der Waals surface area (Å²) in [4.78, 5) is 23.2. The SMILES string of the molecule is C=CCOC(=O)[C@@H]1CC(=O)O[C@H]1c1ccccc1. The zero-order valence-corrected chi connectivity index (χ0v) is 9.87. The van der Waals surface area contributed by atoms with Crippen LogP contribution in [0.2, 0.25) is 0 Å². The van der Waals surface area contributed by atoms with Crippen molar-refractivity contribution in [1.29, 1.82) is 0 Å². The Hall–Kier alpha value is -2.10. The van der Waals surface area contributed by atoms with Gasteiger partial charge in [-0.05, 0) is 5.56 Å². The van der Waals surface area contributed by atoms with Gasteiger partial charge in [0, 0.05) is 0 Å². The topological polar surface area (TPSA) is 52.6 Å². The molecular weight excluding hydrogens is 232 g/mol. The number of cyclic esters (lactones) is 1. The standard InChI is InChI=1S/C14H14O4/c1-2-8-17-14(16)11-9-12(15)18-13(11)10-6-4-3-5-7-10/h2-7,11,13H,1,8-9H2/t11-,13+/m1/s1. The summed E-state index contributed by atoms with van der Waals surface area (Å²) in [6, 6.07) is 9.21. The quantitative estimate of drug-likeness (QED) is 0.602. The molecule has 0 spiro atoms. The molecule has 1 fully saturated rings. The molecule has 18 heavy (non-hydrogen) atoms. The first kappa shape index (κ1) is 12.4. The molecule has 1 heterocycles. The normalized spacial score (nSPS) is 22.3. The fraction of sp³-hybridized carbons (Fsp3) is 0.286. The molecule has 1 aromatic carbocycles. The largest absolute Gasteiger partial charge is 0.461 e. The second kappa shape index (κ2) is 5.49. The number of benzene rings is 1. The summed E-state index contributed by atoms with van der Waals surface area (Å²) in [7, 11) is 0. The zero-order chi connectivity index (χ0) is 13.0. The number of carbonyl (C=O) groups excluding carboxylic acids is 2. The molecule has 1 aromatic rings. The lowest BCUT2D eigenvalue weighted by molar-refractivity contribution is -0.149. The summed E-state index contributed by atoms with van der Waals surface area (Å²) in [6.07, 6.45) is 1.01. The van der Waals surface area contributed by atoms with Gasteiger partial charge in [0.2, 0.25) is 0 Å². The van der Waals surface area contributed by atoms with Crippen LogP contribution in [0.4, 0.5) is 0 Å². The minimum Gasteiger partial charge on any atom is -0.461 e. The average Bonchev–Trinajstić information content (AvgIpc) is 2.79. The van der Waals surface area contributed by atoms with Crippen LogP contribution < -0.4 is 0 Å². The van der Waals surface area contributed by atoms with Crippen LogP contribution in [0.25, 0.3) is 0 Å². The van der Waals surface area contributed by atoms with E-state index in [1.165, 1.54) is 6.08 Å². The van der Waals surface area contributed by atoms with Gasteiger partial charge in [-0.25, -0.2) is 0 Å². The highest BCUT2D eigenvalue weighted by molar-refractivity contribution is 5.83. The fourth-order valence-electron chi connectivity index (χ4n) is 1.96. The molecule has 1 saturated heterocycles. The molecule has 0 saturated carbocycles. The Balaban J connectivity index is 2.15. The molecule has 0 aromatic heterocycles. The summed E-state index contributed by atoms with van der Waals surface area (Å²) in [5, 5.41) is 0. The number of ether oxygens (including phenoxy) is 2. The molecule has 0 radical (unpaired) electrons. The van der Waals surface area contributed by atoms with E-state index in [4.69, 9.17) is 9.47 Å². The smallest absolute Gasteiger partial charge is 0.313 e. The Bertz CT molecular complexity index is 452. The third kappa shape index (κ3) is 2.59. The molecule has 0 unspecified atom stereocenters. The van der Waals surface area contributed by atoms with Crippen molar-refractivity contribution < 1.29 is 19.1 Å². The number of hydrogen-bond acceptors (Lipinski definition) is 4. The molecule has 4 nitrogen and oxygen atoms in total. The Morgan fingerprint density at radius 2 is 2.17 bits per heavy atom. The highest BCUT2D eigenvalue weighted by Crippen LogP contribution is 2.35. The van der Waals surface area contributed by atoms with E-state index in [1.807, 2.05) is 30.3 Å². The van der Waals surface area contributed by atoms with E-state index in [2.05, 4.69) is 6.58 Å². The van der Waals surface area contributed by atoms with E-state index >= 15 is 0 Å². The van der Waals surface area contributed by atoms with Crippen molar-refractivity contribution in [2.75, 3.05) is 6.61 Å². The minimum atomic E-state index is -0.570. The Morgan fingerprint density at radius 3 is 2.83 bits per heavy atom. The monoisotopic (exact) mass is 246 g/mol. The van der Waals surface area contributed by atoms with E-state index in [1.54, 1.807) is 0 Å². The third-order valence-electron chi connectivity index (χ3n) is 2.78. The maximum atomic E-state index is 11.8. The first-order valence-corrected chi connectivity index (χ1v) is 5.74. The molecule has 4 heteroatoms. The second-order valence-corrected chi connectivity index (χ2v) is 4.05. The molecule has 1 aliphatic rings. The van der Waals surface area contributed by atoms with Gasteiger partial charge in [0.05, 0.1) is 6.42 Å². The molecule has 0 amide bonds. The van der Waals surface area contributed by atoms with Crippen molar-refractivity contribution in [3.63, 3.8) is 0 Å². The maximum absolute atomic E-state index is 11.8. The molecule has 0 bridgehead atoms. The van der Waals surface area contributed by atoms with Gasteiger partial charge in [-0.3, -0.25) is 9.59 Å². The van der Waals surface area contributed by atoms with Crippen molar-refractivity contribution in [3.8, 4) is 0 Å². The lowest BCUT2D eigenvalue weighted by Gasteiger charge is -2.16. The number of carbonyl (C=O) groups is 2. The Labute approximate surface area is 105 Å². The lowest BCUT2D eigenvalue weighted by Crippen LogP contribution is -2.21. The highest BCUT2D eigenvalue weighted by atomic mass is 16.6.